The maximum Gasteiger partial charge on any atom is 0.0615 e. The molecule has 0 heterocycles. The molecule has 4 nitrogen and oxygen atoms in total. The number of methoxy groups -OCH3 is 2. The number of hydrogen-bond acceptors (Lipinski definition) is 4. The minimum absolute atomic E-state index is 0.410. The molecule has 4 heteroatoms. The molecule has 0 aromatic carbocycles. The monoisotopic (exact) mass is 260 g/mol. The lowest BCUT2D eigenvalue weighted by molar-refractivity contribution is 0.0399. The number of ether oxygens (including phenoxy) is 2. The van der Waals surface area contributed by atoms with Crippen LogP contribution in [0.1, 0.15) is 34.1 Å². The smallest absolute Gasteiger partial charge is 0.0615 e. The highest BCUT2D eigenvalue weighted by Gasteiger charge is 2.25. The summed E-state index contributed by atoms with van der Waals surface area (Å²) in [7, 11) is 3.52. The Morgan fingerprint density at radius 1 is 1.11 bits per heavy atom. The van der Waals surface area contributed by atoms with Crippen molar-refractivity contribution >= 4 is 0 Å². The van der Waals surface area contributed by atoms with Gasteiger partial charge in [0.25, 0.3) is 0 Å². The fourth-order valence-corrected chi connectivity index (χ4v) is 2.51. The first-order valence-corrected chi connectivity index (χ1v) is 7.09. The van der Waals surface area contributed by atoms with E-state index < -0.39 is 0 Å². The molecule has 0 bridgehead atoms. The van der Waals surface area contributed by atoms with Crippen molar-refractivity contribution in [1.82, 2.24) is 10.2 Å². The molecule has 110 valence electrons. The molecule has 0 aliphatic rings. The van der Waals surface area contributed by atoms with E-state index in [1.807, 2.05) is 0 Å². The Bertz CT molecular complexity index is 191. The Labute approximate surface area is 113 Å². The van der Waals surface area contributed by atoms with Crippen molar-refractivity contribution in [1.29, 1.82) is 0 Å². The zero-order valence-corrected chi connectivity index (χ0v) is 13.0. The molecule has 0 saturated carbocycles. The topological polar surface area (TPSA) is 33.7 Å². The summed E-state index contributed by atoms with van der Waals surface area (Å²) in [4.78, 5) is 2.48. The predicted molar refractivity (Wildman–Crippen MR) is 77.1 cm³/mol. The van der Waals surface area contributed by atoms with Crippen molar-refractivity contribution in [2.24, 2.45) is 0 Å². The number of hydrogen-bond donors (Lipinski definition) is 1. The molecule has 0 fully saturated rings. The van der Waals surface area contributed by atoms with Crippen LogP contribution in [0.5, 0.6) is 0 Å². The van der Waals surface area contributed by atoms with Crippen LogP contribution < -0.4 is 5.32 Å². The quantitative estimate of drug-likeness (QED) is 0.613. The molecule has 0 aromatic rings. The molecular weight excluding hydrogens is 228 g/mol. The molecule has 1 N–H and O–H groups in total. The minimum atomic E-state index is 0.410. The first-order valence-electron chi connectivity index (χ1n) is 7.09. The van der Waals surface area contributed by atoms with Crippen LogP contribution in [0.3, 0.4) is 0 Å². The molecule has 0 aromatic heterocycles. The van der Waals surface area contributed by atoms with E-state index in [2.05, 4.69) is 37.9 Å². The van der Waals surface area contributed by atoms with Crippen LogP contribution in [-0.4, -0.2) is 63.5 Å². The van der Waals surface area contributed by atoms with E-state index in [0.29, 0.717) is 18.1 Å². The SMILES string of the molecule is CCNC(CC)C(C)N(CCOC)C(C)COC. The van der Waals surface area contributed by atoms with Gasteiger partial charge in [0, 0.05) is 38.9 Å². The largest absolute Gasteiger partial charge is 0.383 e. The molecule has 0 aliphatic heterocycles. The van der Waals surface area contributed by atoms with Crippen molar-refractivity contribution in [3.8, 4) is 0 Å². The second-order valence-electron chi connectivity index (χ2n) is 4.85. The van der Waals surface area contributed by atoms with Crippen LogP contribution in [0.2, 0.25) is 0 Å². The lowest BCUT2D eigenvalue weighted by atomic mass is 10.0. The summed E-state index contributed by atoms with van der Waals surface area (Å²) in [5.74, 6) is 0. The van der Waals surface area contributed by atoms with Gasteiger partial charge >= 0.3 is 0 Å². The Morgan fingerprint density at radius 3 is 2.22 bits per heavy atom. The van der Waals surface area contributed by atoms with Crippen LogP contribution >= 0.6 is 0 Å². The highest BCUT2D eigenvalue weighted by molar-refractivity contribution is 4.83. The summed E-state index contributed by atoms with van der Waals surface area (Å²) in [6, 6.07) is 1.41. The number of nitrogens with zero attached hydrogens (tertiary/aromatic N) is 1. The Morgan fingerprint density at radius 2 is 1.78 bits per heavy atom. The molecule has 3 unspecified atom stereocenters. The summed E-state index contributed by atoms with van der Waals surface area (Å²) in [5, 5.41) is 3.56. The van der Waals surface area contributed by atoms with E-state index in [0.717, 1.165) is 32.7 Å². The summed E-state index contributed by atoms with van der Waals surface area (Å²) in [6.07, 6.45) is 1.14. The van der Waals surface area contributed by atoms with Crippen LogP contribution in [0.15, 0.2) is 0 Å². The van der Waals surface area contributed by atoms with Gasteiger partial charge in [0.1, 0.15) is 0 Å². The molecular formula is C14H32N2O2. The Balaban J connectivity index is 4.58. The van der Waals surface area contributed by atoms with E-state index in [9.17, 15) is 0 Å². The highest BCUT2D eigenvalue weighted by atomic mass is 16.5. The van der Waals surface area contributed by atoms with E-state index in [1.54, 1.807) is 14.2 Å². The van der Waals surface area contributed by atoms with E-state index in [1.165, 1.54) is 0 Å². The standard InChI is InChI=1S/C14H32N2O2/c1-7-14(15-8-2)13(4)16(9-10-17-5)12(3)11-18-6/h12-15H,7-11H2,1-6H3. The molecule has 0 saturated heterocycles. The maximum atomic E-state index is 5.29. The second kappa shape index (κ2) is 10.7. The summed E-state index contributed by atoms with van der Waals surface area (Å²) < 4.78 is 10.5. The number of nitrogens with one attached hydrogen (secondary N) is 1. The molecule has 18 heavy (non-hydrogen) atoms. The third-order valence-electron chi connectivity index (χ3n) is 3.54. The summed E-state index contributed by atoms with van der Waals surface area (Å²) in [6.45, 7) is 12.4. The molecule has 0 amide bonds. The van der Waals surface area contributed by atoms with Gasteiger partial charge in [-0.15, -0.1) is 0 Å². The average molecular weight is 260 g/mol. The van der Waals surface area contributed by atoms with Crippen molar-refractivity contribution in [2.75, 3.05) is 40.5 Å². The third-order valence-corrected chi connectivity index (χ3v) is 3.54. The third kappa shape index (κ3) is 6.14. The minimum Gasteiger partial charge on any atom is -0.383 e. The van der Waals surface area contributed by atoms with Gasteiger partial charge in [-0.2, -0.15) is 0 Å². The molecule has 0 rings (SSSR count). The van der Waals surface area contributed by atoms with Crippen molar-refractivity contribution < 1.29 is 9.47 Å². The molecule has 0 aliphatic carbocycles. The fraction of sp³-hybridized carbons (Fsp3) is 1.00. The highest BCUT2D eigenvalue weighted by Crippen LogP contribution is 2.12. The summed E-state index contributed by atoms with van der Waals surface area (Å²) >= 11 is 0. The lowest BCUT2D eigenvalue weighted by Gasteiger charge is -2.38. The van der Waals surface area contributed by atoms with Gasteiger partial charge in [0.05, 0.1) is 13.2 Å². The first kappa shape index (κ1) is 17.8. The van der Waals surface area contributed by atoms with Crippen molar-refractivity contribution in [2.45, 2.75) is 52.2 Å². The number of likely N-dealkylation sites (N-methyl/N-ethyl adjacent to an activating group) is 1. The van der Waals surface area contributed by atoms with Crippen LogP contribution in [0.4, 0.5) is 0 Å². The van der Waals surface area contributed by atoms with Gasteiger partial charge in [0.15, 0.2) is 0 Å². The van der Waals surface area contributed by atoms with Crippen LogP contribution in [0, 0.1) is 0 Å². The van der Waals surface area contributed by atoms with Crippen molar-refractivity contribution in [3.63, 3.8) is 0 Å². The summed E-state index contributed by atoms with van der Waals surface area (Å²) in [5.41, 5.74) is 0. The fourth-order valence-electron chi connectivity index (χ4n) is 2.51. The zero-order chi connectivity index (χ0) is 14.0. The Kier molecular flexibility index (Phi) is 10.6. The van der Waals surface area contributed by atoms with Crippen molar-refractivity contribution in [3.05, 3.63) is 0 Å². The van der Waals surface area contributed by atoms with E-state index in [4.69, 9.17) is 9.47 Å². The van der Waals surface area contributed by atoms with Gasteiger partial charge in [0.2, 0.25) is 0 Å². The van der Waals surface area contributed by atoms with Gasteiger partial charge < -0.3 is 14.8 Å². The molecule has 3 atom stereocenters. The van der Waals surface area contributed by atoms with Gasteiger partial charge in [-0.25, -0.2) is 0 Å². The Hall–Kier alpha value is -0.160. The predicted octanol–water partition coefficient (Wildman–Crippen LogP) is 1.75. The number of rotatable bonds is 11. The van der Waals surface area contributed by atoms with E-state index >= 15 is 0 Å². The lowest BCUT2D eigenvalue weighted by Crippen LogP contribution is -2.53. The average Bonchev–Trinajstić information content (AvgIpc) is 2.36. The second-order valence-corrected chi connectivity index (χ2v) is 4.85. The van der Waals surface area contributed by atoms with Crippen LogP contribution in [-0.2, 0) is 9.47 Å². The zero-order valence-electron chi connectivity index (χ0n) is 13.0. The molecule has 0 radical (unpaired) electrons. The van der Waals surface area contributed by atoms with Crippen LogP contribution in [0.25, 0.3) is 0 Å². The maximum absolute atomic E-state index is 5.29. The normalized spacial score (nSPS) is 16.8. The van der Waals surface area contributed by atoms with Gasteiger partial charge in [-0.3, -0.25) is 4.90 Å². The van der Waals surface area contributed by atoms with Gasteiger partial charge in [-0.1, -0.05) is 13.8 Å². The van der Waals surface area contributed by atoms with Gasteiger partial charge in [-0.05, 0) is 26.8 Å². The first-order chi connectivity index (χ1) is 8.62. The molecule has 0 spiro atoms. The van der Waals surface area contributed by atoms with E-state index in [-0.39, 0.29) is 0 Å².